The summed E-state index contributed by atoms with van der Waals surface area (Å²) in [7, 11) is 0. The lowest BCUT2D eigenvalue weighted by atomic mass is 10.1. The van der Waals surface area contributed by atoms with Crippen LogP contribution in [0.3, 0.4) is 0 Å². The highest BCUT2D eigenvalue weighted by Gasteiger charge is 2.17. The molecule has 0 aromatic heterocycles. The number of halogens is 1. The lowest BCUT2D eigenvalue weighted by Gasteiger charge is -2.08. The van der Waals surface area contributed by atoms with Gasteiger partial charge < -0.3 is 10.1 Å². The van der Waals surface area contributed by atoms with E-state index in [0.717, 1.165) is 11.1 Å². The minimum absolute atomic E-state index is 0.0649. The monoisotopic (exact) mass is 362 g/mol. The second kappa shape index (κ2) is 7.76. The van der Waals surface area contributed by atoms with Crippen LogP contribution in [0.1, 0.15) is 21.5 Å². The second-order valence-electron chi connectivity index (χ2n) is 5.42. The Morgan fingerprint density at radius 1 is 1.16 bits per heavy atom. The topological polar surface area (TPSA) is 98.5 Å². The largest absolute Gasteiger partial charge is 0.452 e. The lowest BCUT2D eigenvalue weighted by Crippen LogP contribution is -2.21. The zero-order valence-electron chi connectivity index (χ0n) is 13.5. The van der Waals surface area contributed by atoms with E-state index in [4.69, 9.17) is 16.3 Å². The molecule has 25 heavy (non-hydrogen) atoms. The van der Waals surface area contributed by atoms with Gasteiger partial charge in [-0.15, -0.1) is 0 Å². The molecule has 1 N–H and O–H groups in total. The number of rotatable bonds is 5. The van der Waals surface area contributed by atoms with Gasteiger partial charge in [0, 0.05) is 11.1 Å². The molecule has 0 fully saturated rings. The first-order chi connectivity index (χ1) is 11.8. The number of esters is 1. The molecule has 130 valence electrons. The van der Waals surface area contributed by atoms with Crippen molar-refractivity contribution >= 4 is 34.9 Å². The number of aryl methyl sites for hydroxylation is 2. The van der Waals surface area contributed by atoms with Gasteiger partial charge in [0.25, 0.3) is 11.6 Å². The Balaban J connectivity index is 2.02. The maximum absolute atomic E-state index is 12.0. The molecule has 0 atom stereocenters. The summed E-state index contributed by atoms with van der Waals surface area (Å²) < 4.78 is 4.95. The minimum atomic E-state index is -0.705. The zero-order chi connectivity index (χ0) is 18.6. The number of nitrogens with zero attached hydrogens (tertiary/aromatic N) is 1. The van der Waals surface area contributed by atoms with Crippen LogP contribution in [0.5, 0.6) is 0 Å². The molecular weight excluding hydrogens is 348 g/mol. The number of hydrogen-bond donors (Lipinski definition) is 1. The summed E-state index contributed by atoms with van der Waals surface area (Å²) >= 11 is 5.78. The fourth-order valence-corrected chi connectivity index (χ4v) is 2.43. The summed E-state index contributed by atoms with van der Waals surface area (Å²) in [5.74, 6) is -1.36. The molecule has 0 heterocycles. The number of nitrogens with one attached hydrogen (secondary N) is 1. The van der Waals surface area contributed by atoms with E-state index in [0.29, 0.717) is 5.56 Å². The number of nitro groups is 1. The number of anilines is 1. The van der Waals surface area contributed by atoms with Crippen molar-refractivity contribution in [2.75, 3.05) is 11.9 Å². The molecule has 0 aliphatic heterocycles. The number of ether oxygens (including phenoxy) is 1. The Morgan fingerprint density at radius 3 is 2.40 bits per heavy atom. The maximum Gasteiger partial charge on any atom is 0.338 e. The van der Waals surface area contributed by atoms with Crippen LogP contribution in [-0.4, -0.2) is 23.4 Å². The fourth-order valence-electron chi connectivity index (χ4n) is 2.26. The summed E-state index contributed by atoms with van der Waals surface area (Å²) in [6.07, 6.45) is 0. The predicted octanol–water partition coefficient (Wildman–Crippen LogP) is 3.66. The van der Waals surface area contributed by atoms with Crippen LogP contribution in [-0.2, 0) is 9.53 Å². The fraction of sp³-hybridized carbons (Fsp3) is 0.176. The van der Waals surface area contributed by atoms with Crippen molar-refractivity contribution in [3.05, 3.63) is 68.2 Å². The van der Waals surface area contributed by atoms with Crippen LogP contribution in [0.2, 0.25) is 5.02 Å². The molecule has 2 aromatic carbocycles. The van der Waals surface area contributed by atoms with Crippen molar-refractivity contribution in [2.45, 2.75) is 13.8 Å². The van der Waals surface area contributed by atoms with Crippen LogP contribution >= 0.6 is 11.6 Å². The van der Waals surface area contributed by atoms with E-state index < -0.39 is 23.4 Å². The van der Waals surface area contributed by atoms with E-state index in [1.54, 1.807) is 12.1 Å². The first-order valence-corrected chi connectivity index (χ1v) is 7.63. The van der Waals surface area contributed by atoms with Crippen LogP contribution in [0.15, 0.2) is 36.4 Å². The number of carbonyl (C=O) groups is 2. The van der Waals surface area contributed by atoms with E-state index in [2.05, 4.69) is 5.32 Å². The number of benzene rings is 2. The average Bonchev–Trinajstić information content (AvgIpc) is 2.51. The summed E-state index contributed by atoms with van der Waals surface area (Å²) in [5, 5.41) is 13.5. The molecule has 2 aromatic rings. The number of amides is 1. The van der Waals surface area contributed by atoms with Crippen LogP contribution < -0.4 is 5.32 Å². The van der Waals surface area contributed by atoms with Gasteiger partial charge in [-0.2, -0.15) is 0 Å². The Bertz CT molecular complexity index is 831. The van der Waals surface area contributed by atoms with Crippen molar-refractivity contribution in [1.29, 1.82) is 0 Å². The lowest BCUT2D eigenvalue weighted by molar-refractivity contribution is -0.383. The predicted molar refractivity (Wildman–Crippen MR) is 92.9 cm³/mol. The molecule has 0 spiro atoms. The normalized spacial score (nSPS) is 10.2. The van der Waals surface area contributed by atoms with Crippen LogP contribution in [0, 0.1) is 24.0 Å². The van der Waals surface area contributed by atoms with Crippen molar-refractivity contribution in [3.8, 4) is 0 Å². The molecule has 0 saturated carbocycles. The average molecular weight is 363 g/mol. The maximum atomic E-state index is 12.0. The molecule has 0 radical (unpaired) electrons. The smallest absolute Gasteiger partial charge is 0.338 e. The Labute approximate surface area is 148 Å². The molecule has 0 saturated heterocycles. The molecule has 1 amide bonds. The highest BCUT2D eigenvalue weighted by molar-refractivity contribution is 6.31. The van der Waals surface area contributed by atoms with Gasteiger partial charge in [0.1, 0.15) is 5.69 Å². The summed E-state index contributed by atoms with van der Waals surface area (Å²) in [4.78, 5) is 34.2. The first-order valence-electron chi connectivity index (χ1n) is 7.25. The van der Waals surface area contributed by atoms with Gasteiger partial charge in [0.2, 0.25) is 0 Å². The quantitative estimate of drug-likeness (QED) is 0.497. The van der Waals surface area contributed by atoms with E-state index in [9.17, 15) is 19.7 Å². The highest BCUT2D eigenvalue weighted by atomic mass is 35.5. The Hall–Kier alpha value is -2.93. The molecule has 0 bridgehead atoms. The van der Waals surface area contributed by atoms with Crippen LogP contribution in [0.25, 0.3) is 0 Å². The van der Waals surface area contributed by atoms with E-state index >= 15 is 0 Å². The Morgan fingerprint density at radius 2 is 1.80 bits per heavy atom. The molecule has 7 nitrogen and oxygen atoms in total. The molecule has 0 aliphatic rings. The molecule has 2 rings (SSSR count). The summed E-state index contributed by atoms with van der Waals surface area (Å²) in [6.45, 7) is 3.11. The van der Waals surface area contributed by atoms with E-state index in [-0.39, 0.29) is 16.4 Å². The van der Waals surface area contributed by atoms with Gasteiger partial charge in [-0.05, 0) is 38.1 Å². The minimum Gasteiger partial charge on any atom is -0.452 e. The second-order valence-corrected chi connectivity index (χ2v) is 5.86. The molecule has 8 heteroatoms. The van der Waals surface area contributed by atoms with Gasteiger partial charge in [-0.25, -0.2) is 4.79 Å². The van der Waals surface area contributed by atoms with E-state index in [1.165, 1.54) is 18.2 Å². The summed E-state index contributed by atoms with van der Waals surface area (Å²) in [6, 6.07) is 8.98. The third-order valence-corrected chi connectivity index (χ3v) is 3.46. The number of carbonyl (C=O) groups excluding carboxylic acids is 2. The third kappa shape index (κ3) is 5.02. The van der Waals surface area contributed by atoms with Crippen molar-refractivity contribution in [3.63, 3.8) is 0 Å². The standard InChI is InChI=1S/C17H15ClN2O5/c1-10-5-11(2)7-12(6-10)17(22)25-9-16(21)19-14-8-13(18)3-4-15(14)20(23)24/h3-8H,9H2,1-2H3,(H,19,21). The molecule has 0 aliphatic carbocycles. The van der Waals surface area contributed by atoms with Crippen molar-refractivity contribution in [1.82, 2.24) is 0 Å². The highest BCUT2D eigenvalue weighted by Crippen LogP contribution is 2.27. The third-order valence-electron chi connectivity index (χ3n) is 3.22. The number of hydrogen-bond acceptors (Lipinski definition) is 5. The molecular formula is C17H15ClN2O5. The van der Waals surface area contributed by atoms with Crippen LogP contribution in [0.4, 0.5) is 11.4 Å². The van der Waals surface area contributed by atoms with Gasteiger partial charge >= 0.3 is 5.97 Å². The van der Waals surface area contributed by atoms with Gasteiger partial charge in [0.05, 0.1) is 10.5 Å². The van der Waals surface area contributed by atoms with Gasteiger partial charge in [-0.1, -0.05) is 28.8 Å². The zero-order valence-corrected chi connectivity index (χ0v) is 14.3. The van der Waals surface area contributed by atoms with Gasteiger partial charge in [-0.3, -0.25) is 14.9 Å². The number of nitro benzene ring substituents is 1. The Kier molecular flexibility index (Phi) is 5.71. The van der Waals surface area contributed by atoms with Gasteiger partial charge in [0.15, 0.2) is 6.61 Å². The summed E-state index contributed by atoms with van der Waals surface area (Å²) in [5.41, 5.74) is 1.75. The molecule has 0 unspecified atom stereocenters. The first kappa shape index (κ1) is 18.4. The van der Waals surface area contributed by atoms with Crippen molar-refractivity contribution in [2.24, 2.45) is 0 Å². The van der Waals surface area contributed by atoms with E-state index in [1.807, 2.05) is 19.9 Å². The SMILES string of the molecule is Cc1cc(C)cc(C(=O)OCC(=O)Nc2cc(Cl)ccc2[N+](=O)[O-])c1. The van der Waals surface area contributed by atoms with Crippen molar-refractivity contribution < 1.29 is 19.2 Å².